The molecular weight excluding hydrogens is 361 g/mol. The third kappa shape index (κ3) is 5.32. The summed E-state index contributed by atoms with van der Waals surface area (Å²) in [5, 5.41) is 14.5. The highest BCUT2D eigenvalue weighted by molar-refractivity contribution is 6.31. The summed E-state index contributed by atoms with van der Waals surface area (Å²) in [4.78, 5) is 25.0. The average Bonchev–Trinajstić information content (AvgIpc) is 2.60. The Hall–Kier alpha value is -1.86. The molecule has 26 heavy (non-hydrogen) atoms. The van der Waals surface area contributed by atoms with Crippen LogP contribution < -0.4 is 10.6 Å². The normalized spacial score (nSPS) is 18.2. The second-order valence-electron chi connectivity index (χ2n) is 6.65. The maximum absolute atomic E-state index is 13.2. The number of carboxylic acid groups (broad SMARTS) is 1. The van der Waals surface area contributed by atoms with Crippen molar-refractivity contribution in [3.63, 3.8) is 0 Å². The molecule has 8 heteroatoms. The predicted octanol–water partition coefficient (Wildman–Crippen LogP) is 3.02. The van der Waals surface area contributed by atoms with E-state index in [-0.39, 0.29) is 30.1 Å². The molecule has 6 nitrogen and oxygen atoms in total. The van der Waals surface area contributed by atoms with Crippen LogP contribution in [0.3, 0.4) is 0 Å². The lowest BCUT2D eigenvalue weighted by atomic mass is 9.86. The van der Waals surface area contributed by atoms with Crippen LogP contribution in [0.1, 0.15) is 37.8 Å². The van der Waals surface area contributed by atoms with Gasteiger partial charge in [0.2, 0.25) is 5.91 Å². The number of nitrogens with zero attached hydrogens (tertiary/aromatic N) is 1. The molecule has 1 aromatic carbocycles. The van der Waals surface area contributed by atoms with Gasteiger partial charge in [-0.3, -0.25) is 9.69 Å². The fraction of sp³-hybridized carbons (Fsp3) is 0.556. The van der Waals surface area contributed by atoms with E-state index in [4.69, 9.17) is 16.7 Å². The topological polar surface area (TPSA) is 81.7 Å². The van der Waals surface area contributed by atoms with Gasteiger partial charge in [0.25, 0.3) is 0 Å². The molecule has 0 aliphatic carbocycles. The van der Waals surface area contributed by atoms with Crippen LogP contribution in [0.15, 0.2) is 18.2 Å². The van der Waals surface area contributed by atoms with Gasteiger partial charge >= 0.3 is 6.09 Å². The number of rotatable bonds is 6. The number of likely N-dealkylation sites (tertiary alicyclic amines) is 1. The zero-order valence-electron chi connectivity index (χ0n) is 15.0. The number of carbonyl (C=O) groups excluding carboxylic acids is 1. The Bertz CT molecular complexity index is 651. The van der Waals surface area contributed by atoms with Crippen molar-refractivity contribution in [2.45, 2.75) is 38.3 Å². The second kappa shape index (κ2) is 9.19. The average molecular weight is 386 g/mol. The Morgan fingerprint density at radius 3 is 2.58 bits per heavy atom. The number of hydrogen-bond acceptors (Lipinski definition) is 3. The molecule has 2 unspecified atom stereocenters. The molecule has 1 fully saturated rings. The summed E-state index contributed by atoms with van der Waals surface area (Å²) in [6.45, 7) is 3.53. The molecule has 0 spiro atoms. The summed E-state index contributed by atoms with van der Waals surface area (Å²) in [6, 6.07) is 4.05. The monoisotopic (exact) mass is 385 g/mol. The van der Waals surface area contributed by atoms with Crippen LogP contribution in [-0.2, 0) is 4.79 Å². The SMILES string of the molecule is CNC(=O)CC(NC(=O)O)C1CCN(C(C)c2ccc(F)cc2Cl)CC1. The van der Waals surface area contributed by atoms with Crippen molar-refractivity contribution in [3.05, 3.63) is 34.6 Å². The van der Waals surface area contributed by atoms with E-state index >= 15 is 0 Å². The van der Waals surface area contributed by atoms with Gasteiger partial charge in [0.1, 0.15) is 5.82 Å². The summed E-state index contributed by atoms with van der Waals surface area (Å²) in [7, 11) is 1.54. The number of hydrogen-bond donors (Lipinski definition) is 3. The van der Waals surface area contributed by atoms with Gasteiger partial charge in [0.05, 0.1) is 0 Å². The first-order valence-corrected chi connectivity index (χ1v) is 9.08. The van der Waals surface area contributed by atoms with E-state index in [1.807, 2.05) is 6.92 Å². The van der Waals surface area contributed by atoms with Crippen molar-refractivity contribution in [2.24, 2.45) is 5.92 Å². The number of halogens is 2. The Balaban J connectivity index is 1.99. The minimum absolute atomic E-state index is 0.0360. The fourth-order valence-corrected chi connectivity index (χ4v) is 3.87. The summed E-state index contributed by atoms with van der Waals surface area (Å²) >= 11 is 6.17. The third-order valence-corrected chi connectivity index (χ3v) is 5.42. The molecule has 0 bridgehead atoms. The molecule has 1 saturated heterocycles. The fourth-order valence-electron chi connectivity index (χ4n) is 3.54. The van der Waals surface area contributed by atoms with Crippen LogP contribution in [0.25, 0.3) is 0 Å². The highest BCUT2D eigenvalue weighted by Crippen LogP contribution is 2.32. The Morgan fingerprint density at radius 2 is 2.04 bits per heavy atom. The van der Waals surface area contributed by atoms with Crippen LogP contribution in [0.4, 0.5) is 9.18 Å². The lowest BCUT2D eigenvalue weighted by Gasteiger charge is -2.39. The van der Waals surface area contributed by atoms with Crippen molar-refractivity contribution in [2.75, 3.05) is 20.1 Å². The standard InChI is InChI=1S/C18H25ClFN3O3/c1-11(14-4-3-13(20)9-15(14)19)23-7-5-12(6-8-23)16(22-18(25)26)10-17(24)21-2/h3-4,9,11-12,16,22H,5-8,10H2,1-2H3,(H,21,24)(H,25,26). The number of nitrogens with one attached hydrogen (secondary N) is 2. The summed E-state index contributed by atoms with van der Waals surface area (Å²) in [5.41, 5.74) is 0.872. The second-order valence-corrected chi connectivity index (χ2v) is 7.06. The van der Waals surface area contributed by atoms with Gasteiger partial charge < -0.3 is 15.7 Å². The van der Waals surface area contributed by atoms with E-state index in [0.717, 1.165) is 31.5 Å². The molecular formula is C18H25ClFN3O3. The molecule has 1 heterocycles. The van der Waals surface area contributed by atoms with E-state index in [9.17, 15) is 14.0 Å². The van der Waals surface area contributed by atoms with Crippen LogP contribution in [-0.4, -0.2) is 48.2 Å². The molecule has 144 valence electrons. The van der Waals surface area contributed by atoms with E-state index in [1.165, 1.54) is 19.2 Å². The smallest absolute Gasteiger partial charge is 0.404 e. The molecule has 0 aromatic heterocycles. The number of benzene rings is 1. The van der Waals surface area contributed by atoms with Crippen LogP contribution >= 0.6 is 11.6 Å². The molecule has 1 aliphatic rings. The first-order chi connectivity index (χ1) is 12.3. The summed E-state index contributed by atoms with van der Waals surface area (Å²) < 4.78 is 13.2. The molecule has 2 atom stereocenters. The molecule has 1 aliphatic heterocycles. The minimum atomic E-state index is -1.12. The van der Waals surface area contributed by atoms with Gasteiger partial charge in [-0.25, -0.2) is 9.18 Å². The first kappa shape index (κ1) is 20.5. The summed E-state index contributed by atoms with van der Waals surface area (Å²) in [6.07, 6.45) is 0.552. The van der Waals surface area contributed by atoms with Crippen LogP contribution in [0, 0.1) is 11.7 Å². The van der Waals surface area contributed by atoms with Crippen molar-refractivity contribution in [3.8, 4) is 0 Å². The van der Waals surface area contributed by atoms with E-state index < -0.39 is 12.1 Å². The number of piperidine rings is 1. The third-order valence-electron chi connectivity index (χ3n) is 5.10. The van der Waals surface area contributed by atoms with Crippen molar-refractivity contribution in [1.82, 2.24) is 15.5 Å². The van der Waals surface area contributed by atoms with E-state index in [1.54, 1.807) is 6.07 Å². The Labute approximate surface area is 157 Å². The van der Waals surface area contributed by atoms with Crippen LogP contribution in [0.5, 0.6) is 0 Å². The highest BCUT2D eigenvalue weighted by Gasteiger charge is 2.31. The molecule has 3 N–H and O–H groups in total. The van der Waals surface area contributed by atoms with Crippen molar-refractivity contribution >= 4 is 23.6 Å². The molecule has 0 saturated carbocycles. The van der Waals surface area contributed by atoms with Gasteiger partial charge in [0, 0.05) is 30.6 Å². The van der Waals surface area contributed by atoms with Crippen molar-refractivity contribution < 1.29 is 19.1 Å². The molecule has 1 aromatic rings. The predicted molar refractivity (Wildman–Crippen MR) is 97.8 cm³/mol. The number of amides is 2. The molecule has 0 radical (unpaired) electrons. The lowest BCUT2D eigenvalue weighted by Crippen LogP contribution is -2.47. The molecule has 2 rings (SSSR count). The zero-order chi connectivity index (χ0) is 19.3. The first-order valence-electron chi connectivity index (χ1n) is 8.70. The largest absolute Gasteiger partial charge is 0.465 e. The Kier molecular flexibility index (Phi) is 7.23. The van der Waals surface area contributed by atoms with Gasteiger partial charge in [-0.15, -0.1) is 0 Å². The Morgan fingerprint density at radius 1 is 1.38 bits per heavy atom. The maximum Gasteiger partial charge on any atom is 0.404 e. The maximum atomic E-state index is 13.2. The zero-order valence-corrected chi connectivity index (χ0v) is 15.7. The summed E-state index contributed by atoms with van der Waals surface area (Å²) in [5.74, 6) is -0.449. The highest BCUT2D eigenvalue weighted by atomic mass is 35.5. The van der Waals surface area contributed by atoms with E-state index in [2.05, 4.69) is 15.5 Å². The van der Waals surface area contributed by atoms with Crippen LogP contribution in [0.2, 0.25) is 5.02 Å². The minimum Gasteiger partial charge on any atom is -0.465 e. The lowest BCUT2D eigenvalue weighted by molar-refractivity contribution is -0.121. The number of carbonyl (C=O) groups is 2. The van der Waals surface area contributed by atoms with Gasteiger partial charge in [0.15, 0.2) is 0 Å². The van der Waals surface area contributed by atoms with Crippen molar-refractivity contribution in [1.29, 1.82) is 0 Å². The quantitative estimate of drug-likeness (QED) is 0.703. The van der Waals surface area contributed by atoms with Gasteiger partial charge in [-0.05, 0) is 56.5 Å². The molecule has 2 amide bonds. The van der Waals surface area contributed by atoms with Gasteiger partial charge in [-0.1, -0.05) is 17.7 Å². The van der Waals surface area contributed by atoms with E-state index in [0.29, 0.717) is 5.02 Å². The van der Waals surface area contributed by atoms with Gasteiger partial charge in [-0.2, -0.15) is 0 Å².